The SMILES string of the molecule is CO[C@H](C)[C@H](NCCCc1ccc2c(c1)COC2=C1C(=O)Nc2ccc(F)cc21)C(=O)O. The first-order valence-electron chi connectivity index (χ1n) is 10.5. The van der Waals surface area contributed by atoms with Crippen LogP contribution in [0, 0.1) is 5.82 Å². The number of carboxylic acid groups (broad SMARTS) is 1. The van der Waals surface area contributed by atoms with Crippen molar-refractivity contribution in [3.05, 3.63) is 64.5 Å². The first-order chi connectivity index (χ1) is 15.4. The maximum atomic E-state index is 13.8. The van der Waals surface area contributed by atoms with Gasteiger partial charge in [0.2, 0.25) is 0 Å². The zero-order chi connectivity index (χ0) is 22.8. The highest BCUT2D eigenvalue weighted by Crippen LogP contribution is 2.41. The van der Waals surface area contributed by atoms with Gasteiger partial charge >= 0.3 is 5.97 Å². The Kier molecular flexibility index (Phi) is 6.25. The van der Waals surface area contributed by atoms with Crippen LogP contribution in [-0.2, 0) is 32.1 Å². The molecule has 0 saturated carbocycles. The number of nitrogens with one attached hydrogen (secondary N) is 2. The molecule has 2 heterocycles. The summed E-state index contributed by atoms with van der Waals surface area (Å²) < 4.78 is 24.7. The zero-order valence-electron chi connectivity index (χ0n) is 17.9. The van der Waals surface area contributed by atoms with Gasteiger partial charge in [-0.3, -0.25) is 9.59 Å². The molecule has 2 aliphatic heterocycles. The van der Waals surface area contributed by atoms with E-state index in [1.54, 1.807) is 13.0 Å². The Morgan fingerprint density at radius 3 is 2.84 bits per heavy atom. The number of ether oxygens (including phenoxy) is 2. The molecule has 0 unspecified atom stereocenters. The number of methoxy groups -OCH3 is 1. The Balaban J connectivity index is 1.46. The number of aryl methyl sites for hydroxylation is 1. The summed E-state index contributed by atoms with van der Waals surface area (Å²) in [6.07, 6.45) is 1.08. The number of fused-ring (bicyclic) bond motifs is 2. The highest BCUT2D eigenvalue weighted by molar-refractivity contribution is 6.36. The van der Waals surface area contributed by atoms with E-state index in [0.29, 0.717) is 35.7 Å². The van der Waals surface area contributed by atoms with Gasteiger partial charge in [0.15, 0.2) is 0 Å². The average molecular weight is 440 g/mol. The number of carbonyl (C=O) groups is 2. The second-order valence-electron chi connectivity index (χ2n) is 7.94. The molecule has 7 nitrogen and oxygen atoms in total. The minimum atomic E-state index is -0.938. The highest BCUT2D eigenvalue weighted by atomic mass is 19.1. The summed E-state index contributed by atoms with van der Waals surface area (Å²) in [5.74, 6) is -1.19. The monoisotopic (exact) mass is 440 g/mol. The van der Waals surface area contributed by atoms with E-state index in [4.69, 9.17) is 9.47 Å². The van der Waals surface area contributed by atoms with Crippen LogP contribution in [0.3, 0.4) is 0 Å². The maximum Gasteiger partial charge on any atom is 0.323 e. The topological polar surface area (TPSA) is 96.9 Å². The van der Waals surface area contributed by atoms with E-state index in [9.17, 15) is 19.1 Å². The van der Waals surface area contributed by atoms with Crippen LogP contribution >= 0.6 is 0 Å². The summed E-state index contributed by atoms with van der Waals surface area (Å²) in [5.41, 5.74) is 4.31. The predicted molar refractivity (Wildman–Crippen MR) is 117 cm³/mol. The van der Waals surface area contributed by atoms with Crippen LogP contribution in [0.4, 0.5) is 10.1 Å². The Bertz CT molecular complexity index is 1100. The van der Waals surface area contributed by atoms with Crippen LogP contribution in [0.5, 0.6) is 0 Å². The van der Waals surface area contributed by atoms with Gasteiger partial charge in [-0.05, 0) is 50.1 Å². The van der Waals surface area contributed by atoms with Gasteiger partial charge in [-0.25, -0.2) is 4.39 Å². The second kappa shape index (κ2) is 9.10. The van der Waals surface area contributed by atoms with Gasteiger partial charge in [0.05, 0.1) is 11.7 Å². The summed E-state index contributed by atoms with van der Waals surface area (Å²) in [6, 6.07) is 9.37. The van der Waals surface area contributed by atoms with Gasteiger partial charge in [-0.2, -0.15) is 0 Å². The van der Waals surface area contributed by atoms with Crippen LogP contribution in [0.25, 0.3) is 11.3 Å². The third-order valence-corrected chi connectivity index (χ3v) is 5.85. The molecule has 0 saturated heterocycles. The van der Waals surface area contributed by atoms with Crippen LogP contribution in [-0.4, -0.2) is 42.8 Å². The van der Waals surface area contributed by atoms with Crippen molar-refractivity contribution >= 4 is 28.9 Å². The highest BCUT2D eigenvalue weighted by Gasteiger charge is 2.32. The molecule has 1 amide bonds. The number of amides is 1. The third kappa shape index (κ3) is 4.24. The van der Waals surface area contributed by atoms with E-state index in [1.807, 2.05) is 18.2 Å². The summed E-state index contributed by atoms with van der Waals surface area (Å²) in [5, 5.41) is 15.1. The molecular weight excluding hydrogens is 415 g/mol. The molecule has 4 rings (SSSR count). The zero-order valence-corrected chi connectivity index (χ0v) is 17.9. The van der Waals surface area contributed by atoms with E-state index in [1.165, 1.54) is 19.2 Å². The van der Waals surface area contributed by atoms with Gasteiger partial charge in [0.1, 0.15) is 24.2 Å². The normalized spacial score (nSPS) is 18.5. The molecule has 2 aromatic rings. The van der Waals surface area contributed by atoms with Crippen LogP contribution in [0.15, 0.2) is 36.4 Å². The van der Waals surface area contributed by atoms with Crippen LogP contribution in [0.2, 0.25) is 0 Å². The van der Waals surface area contributed by atoms with Crippen molar-refractivity contribution in [2.45, 2.75) is 38.5 Å². The lowest BCUT2D eigenvalue weighted by molar-refractivity contribution is -0.142. The van der Waals surface area contributed by atoms with E-state index in [2.05, 4.69) is 10.6 Å². The van der Waals surface area contributed by atoms with Crippen molar-refractivity contribution in [1.29, 1.82) is 0 Å². The van der Waals surface area contributed by atoms with Crippen LogP contribution in [0.1, 0.15) is 35.6 Å². The van der Waals surface area contributed by atoms with E-state index in [-0.39, 0.29) is 5.91 Å². The average Bonchev–Trinajstić information content (AvgIpc) is 3.31. The molecular formula is C24H25FN2O5. The molecule has 0 radical (unpaired) electrons. The Hall–Kier alpha value is -3.23. The fourth-order valence-corrected chi connectivity index (χ4v) is 4.08. The van der Waals surface area contributed by atoms with Crippen molar-refractivity contribution in [3.63, 3.8) is 0 Å². The molecule has 0 fully saturated rings. The van der Waals surface area contributed by atoms with Crippen molar-refractivity contribution in [3.8, 4) is 0 Å². The van der Waals surface area contributed by atoms with Gasteiger partial charge in [0, 0.05) is 29.5 Å². The third-order valence-electron chi connectivity index (χ3n) is 5.85. The lowest BCUT2D eigenvalue weighted by Gasteiger charge is -2.20. The molecule has 8 heteroatoms. The minimum absolute atomic E-state index is 0.304. The summed E-state index contributed by atoms with van der Waals surface area (Å²) in [6.45, 7) is 2.59. The molecule has 32 heavy (non-hydrogen) atoms. The molecule has 168 valence electrons. The fraction of sp³-hybridized carbons (Fsp3) is 0.333. The summed E-state index contributed by atoms with van der Waals surface area (Å²) in [4.78, 5) is 23.9. The Morgan fingerprint density at radius 1 is 1.28 bits per heavy atom. The first-order valence-corrected chi connectivity index (χ1v) is 10.5. The van der Waals surface area contributed by atoms with E-state index < -0.39 is 23.9 Å². The van der Waals surface area contributed by atoms with Crippen molar-refractivity contribution < 1.29 is 28.6 Å². The van der Waals surface area contributed by atoms with Crippen molar-refractivity contribution in [2.24, 2.45) is 0 Å². The molecule has 0 aliphatic carbocycles. The first kappa shape index (κ1) is 22.0. The number of rotatable bonds is 8. The number of anilines is 1. The Morgan fingerprint density at radius 2 is 2.09 bits per heavy atom. The second-order valence-corrected chi connectivity index (χ2v) is 7.94. The maximum absolute atomic E-state index is 13.8. The molecule has 2 aliphatic rings. The number of benzene rings is 2. The van der Waals surface area contributed by atoms with Gasteiger partial charge < -0.3 is 25.2 Å². The number of carbonyl (C=O) groups excluding carboxylic acids is 1. The molecule has 0 bridgehead atoms. The Labute approximate surface area is 185 Å². The quantitative estimate of drug-likeness (QED) is 0.431. The van der Waals surface area contributed by atoms with Crippen LogP contribution < -0.4 is 10.6 Å². The molecule has 0 aromatic heterocycles. The predicted octanol–water partition coefficient (Wildman–Crippen LogP) is 3.19. The van der Waals surface area contributed by atoms with E-state index >= 15 is 0 Å². The van der Waals surface area contributed by atoms with Gasteiger partial charge in [0.25, 0.3) is 5.91 Å². The lowest BCUT2D eigenvalue weighted by Crippen LogP contribution is -2.46. The van der Waals surface area contributed by atoms with Gasteiger partial charge in [-0.15, -0.1) is 0 Å². The van der Waals surface area contributed by atoms with Gasteiger partial charge in [-0.1, -0.05) is 18.2 Å². The molecule has 2 atom stereocenters. The summed E-state index contributed by atoms with van der Waals surface area (Å²) in [7, 11) is 1.49. The number of carboxylic acids is 1. The lowest BCUT2D eigenvalue weighted by atomic mass is 9.98. The number of aliphatic carboxylic acids is 1. The number of hydrogen-bond donors (Lipinski definition) is 3. The van der Waals surface area contributed by atoms with E-state index in [0.717, 1.165) is 29.5 Å². The van der Waals surface area contributed by atoms with Crippen molar-refractivity contribution in [2.75, 3.05) is 19.0 Å². The largest absolute Gasteiger partial charge is 0.487 e. The fourth-order valence-electron chi connectivity index (χ4n) is 4.08. The van der Waals surface area contributed by atoms with Crippen molar-refractivity contribution in [1.82, 2.24) is 5.32 Å². The number of hydrogen-bond acceptors (Lipinski definition) is 5. The molecule has 2 aromatic carbocycles. The summed E-state index contributed by atoms with van der Waals surface area (Å²) >= 11 is 0. The molecule has 3 N–H and O–H groups in total. The smallest absolute Gasteiger partial charge is 0.323 e. The number of halogens is 1. The standard InChI is InChI=1S/C24H25FN2O5/c1-13(31-2)21(24(29)30)26-9-3-4-14-5-7-17-15(10-14)12-32-22(17)20-18-11-16(25)6-8-19(18)27-23(20)28/h5-8,10-11,13,21,26H,3-4,9,12H2,1-2H3,(H,27,28)(H,29,30)/t13-,21+/m1/s1. The molecule has 0 spiro atoms. The minimum Gasteiger partial charge on any atom is -0.487 e.